The number of fused-ring (bicyclic) bond motifs is 1. The number of halogens is 2. The largest absolute Gasteiger partial charge is 0.490 e. The van der Waals surface area contributed by atoms with Crippen molar-refractivity contribution in [2.75, 3.05) is 13.2 Å². The van der Waals surface area contributed by atoms with E-state index < -0.39 is 12.0 Å². The Morgan fingerprint density at radius 3 is 2.44 bits per heavy atom. The van der Waals surface area contributed by atoms with E-state index in [-0.39, 0.29) is 12.2 Å². The van der Waals surface area contributed by atoms with E-state index in [0.29, 0.717) is 45.3 Å². The molecule has 0 bridgehead atoms. The van der Waals surface area contributed by atoms with E-state index in [9.17, 15) is 9.59 Å². The molecule has 0 N–H and O–H groups in total. The highest BCUT2D eigenvalue weighted by atomic mass is 127. The Bertz CT molecular complexity index is 1880. The highest BCUT2D eigenvalue weighted by Crippen LogP contribution is 2.35. The zero-order valence-electron chi connectivity index (χ0n) is 24.1. The van der Waals surface area contributed by atoms with Crippen molar-refractivity contribution in [2.45, 2.75) is 40.3 Å². The van der Waals surface area contributed by atoms with Crippen LogP contribution in [0.4, 0.5) is 0 Å². The predicted molar refractivity (Wildman–Crippen MR) is 180 cm³/mol. The van der Waals surface area contributed by atoms with Crippen molar-refractivity contribution in [3.8, 4) is 11.5 Å². The van der Waals surface area contributed by atoms with Gasteiger partial charge in [0.2, 0.25) is 0 Å². The molecule has 0 unspecified atom stereocenters. The Morgan fingerprint density at radius 1 is 1.05 bits per heavy atom. The first kappa shape index (κ1) is 31.2. The van der Waals surface area contributed by atoms with Crippen molar-refractivity contribution in [2.24, 2.45) is 4.99 Å². The number of benzene rings is 3. The monoisotopic (exact) mass is 772 g/mol. The normalized spacial score (nSPS) is 14.7. The lowest BCUT2D eigenvalue weighted by atomic mass is 9.95. The van der Waals surface area contributed by atoms with Crippen LogP contribution in [0.5, 0.6) is 11.5 Å². The Balaban J connectivity index is 1.58. The molecule has 2 heterocycles. The number of carbonyl (C=O) groups is 1. The van der Waals surface area contributed by atoms with Crippen molar-refractivity contribution in [1.82, 2.24) is 4.57 Å². The van der Waals surface area contributed by atoms with Gasteiger partial charge in [0.05, 0.1) is 38.6 Å². The minimum atomic E-state index is -0.647. The summed E-state index contributed by atoms with van der Waals surface area (Å²) in [7, 11) is 0. The number of esters is 1. The molecule has 222 valence electrons. The molecule has 0 saturated carbocycles. The topological polar surface area (TPSA) is 79.1 Å². The smallest absolute Gasteiger partial charge is 0.338 e. The highest BCUT2D eigenvalue weighted by Gasteiger charge is 2.33. The molecule has 0 amide bonds. The van der Waals surface area contributed by atoms with Crippen LogP contribution in [0.2, 0.25) is 0 Å². The summed E-state index contributed by atoms with van der Waals surface area (Å²) in [6.07, 6.45) is 1.84. The van der Waals surface area contributed by atoms with Gasteiger partial charge in [-0.2, -0.15) is 0 Å². The maximum atomic E-state index is 14.0. The van der Waals surface area contributed by atoms with Crippen LogP contribution in [0.25, 0.3) is 6.08 Å². The van der Waals surface area contributed by atoms with E-state index in [2.05, 4.69) is 43.5 Å². The molecule has 5 rings (SSSR count). The number of aryl methyl sites for hydroxylation is 1. The van der Waals surface area contributed by atoms with E-state index in [4.69, 9.17) is 14.2 Å². The molecule has 1 aromatic heterocycles. The zero-order chi connectivity index (χ0) is 30.7. The van der Waals surface area contributed by atoms with E-state index in [0.717, 1.165) is 30.3 Å². The second kappa shape index (κ2) is 13.6. The first-order valence-electron chi connectivity index (χ1n) is 13.8. The van der Waals surface area contributed by atoms with Gasteiger partial charge in [0.15, 0.2) is 16.3 Å². The van der Waals surface area contributed by atoms with E-state index >= 15 is 0 Å². The third-order valence-corrected chi connectivity index (χ3v) is 9.15. The summed E-state index contributed by atoms with van der Waals surface area (Å²) < 4.78 is 21.5. The standard InChI is InChI=1S/C33H30BrIN2O5S/c1-5-40-26-16-22(15-25(35)30(26)42-18-21-9-13-24(34)14-10-21)17-27-31(38)37-29(23-11-7-19(3)8-12-23)28(32(39)41-6-2)20(4)36-33(37)43-27/h7-17,29H,5-6,18H2,1-4H3/b27-17+/t29-/m0/s1. The summed E-state index contributed by atoms with van der Waals surface area (Å²) in [6.45, 7) is 8.55. The summed E-state index contributed by atoms with van der Waals surface area (Å²) in [6, 6.07) is 19.0. The number of aromatic nitrogens is 1. The van der Waals surface area contributed by atoms with Crippen LogP contribution in [0.1, 0.15) is 49.1 Å². The Labute approximate surface area is 275 Å². The molecule has 0 aliphatic carbocycles. The molecule has 3 aromatic carbocycles. The second-order valence-electron chi connectivity index (χ2n) is 9.89. The summed E-state index contributed by atoms with van der Waals surface area (Å²) >= 11 is 6.99. The minimum absolute atomic E-state index is 0.226. The Kier molecular flexibility index (Phi) is 9.88. The highest BCUT2D eigenvalue weighted by molar-refractivity contribution is 14.1. The number of hydrogen-bond acceptors (Lipinski definition) is 7. The number of allylic oxidation sites excluding steroid dienone is 1. The molecule has 1 aliphatic rings. The third-order valence-electron chi connectivity index (χ3n) is 6.84. The van der Waals surface area contributed by atoms with Crippen molar-refractivity contribution in [3.63, 3.8) is 0 Å². The first-order chi connectivity index (χ1) is 20.7. The second-order valence-corrected chi connectivity index (χ2v) is 13.0. The first-order valence-corrected chi connectivity index (χ1v) is 16.5. The molecule has 0 radical (unpaired) electrons. The number of nitrogens with zero attached hydrogens (tertiary/aromatic N) is 2. The van der Waals surface area contributed by atoms with Crippen molar-refractivity contribution < 1.29 is 19.0 Å². The fourth-order valence-corrected chi connectivity index (χ4v) is 6.91. The average Bonchev–Trinajstić information content (AvgIpc) is 3.27. The van der Waals surface area contributed by atoms with Crippen molar-refractivity contribution >= 4 is 61.9 Å². The quantitative estimate of drug-likeness (QED) is 0.144. The van der Waals surface area contributed by atoms with Gasteiger partial charge in [0, 0.05) is 4.47 Å². The van der Waals surface area contributed by atoms with Crippen LogP contribution in [0, 0.1) is 10.5 Å². The van der Waals surface area contributed by atoms with Gasteiger partial charge in [-0.3, -0.25) is 9.36 Å². The molecule has 43 heavy (non-hydrogen) atoms. The van der Waals surface area contributed by atoms with Gasteiger partial charge in [-0.15, -0.1) is 0 Å². The molecular formula is C33H30BrIN2O5S. The van der Waals surface area contributed by atoms with Gasteiger partial charge in [0.25, 0.3) is 5.56 Å². The Hall–Kier alpha value is -3.22. The van der Waals surface area contributed by atoms with Gasteiger partial charge >= 0.3 is 5.97 Å². The SMILES string of the molecule is CCOC(=O)C1=C(C)N=c2s/c(=C/c3cc(I)c(OCc4ccc(Br)cc4)c(OCC)c3)c(=O)n2[C@H]1c1ccc(C)cc1. The average molecular weight is 773 g/mol. The summed E-state index contributed by atoms with van der Waals surface area (Å²) in [5.74, 6) is 0.778. The van der Waals surface area contributed by atoms with Crippen molar-refractivity contribution in [1.29, 1.82) is 0 Å². The van der Waals surface area contributed by atoms with Crippen LogP contribution in [0.15, 0.2) is 86.2 Å². The molecule has 7 nitrogen and oxygen atoms in total. The minimum Gasteiger partial charge on any atom is -0.490 e. The van der Waals surface area contributed by atoms with Gasteiger partial charge in [-0.25, -0.2) is 9.79 Å². The van der Waals surface area contributed by atoms with Crippen LogP contribution in [-0.4, -0.2) is 23.8 Å². The van der Waals surface area contributed by atoms with Crippen LogP contribution in [0.3, 0.4) is 0 Å². The van der Waals surface area contributed by atoms with Gasteiger partial charge in [0.1, 0.15) is 6.61 Å². The lowest BCUT2D eigenvalue weighted by Gasteiger charge is -2.24. The third kappa shape index (κ3) is 6.81. The van der Waals surface area contributed by atoms with E-state index in [1.165, 1.54) is 11.3 Å². The molecule has 4 aromatic rings. The predicted octanol–water partition coefficient (Wildman–Crippen LogP) is 6.45. The van der Waals surface area contributed by atoms with Gasteiger partial charge < -0.3 is 14.2 Å². The summed E-state index contributed by atoms with van der Waals surface area (Å²) in [5.41, 5.74) is 4.40. The molecule has 1 aliphatic heterocycles. The molecule has 0 saturated heterocycles. The lowest BCUT2D eigenvalue weighted by Crippen LogP contribution is -2.39. The maximum absolute atomic E-state index is 14.0. The fraction of sp³-hybridized carbons (Fsp3) is 0.242. The van der Waals surface area contributed by atoms with Gasteiger partial charge in [-0.05, 0) is 97.3 Å². The zero-order valence-corrected chi connectivity index (χ0v) is 28.7. The summed E-state index contributed by atoms with van der Waals surface area (Å²) in [5, 5.41) is 0. The summed E-state index contributed by atoms with van der Waals surface area (Å²) in [4.78, 5) is 32.3. The Morgan fingerprint density at radius 2 is 1.77 bits per heavy atom. The lowest BCUT2D eigenvalue weighted by molar-refractivity contribution is -0.139. The number of carbonyl (C=O) groups excluding carboxylic acids is 1. The number of hydrogen-bond donors (Lipinski definition) is 0. The van der Waals surface area contributed by atoms with E-state index in [1.807, 2.05) is 80.6 Å². The molecular weight excluding hydrogens is 743 g/mol. The number of rotatable bonds is 9. The van der Waals surface area contributed by atoms with Crippen LogP contribution < -0.4 is 24.4 Å². The van der Waals surface area contributed by atoms with Crippen LogP contribution in [-0.2, 0) is 16.1 Å². The maximum Gasteiger partial charge on any atom is 0.338 e. The number of ether oxygens (including phenoxy) is 3. The van der Waals surface area contributed by atoms with E-state index in [1.54, 1.807) is 18.4 Å². The molecule has 0 spiro atoms. The number of thiazole rings is 1. The molecule has 1 atom stereocenters. The fourth-order valence-electron chi connectivity index (χ4n) is 4.82. The van der Waals surface area contributed by atoms with Crippen LogP contribution >= 0.6 is 49.9 Å². The van der Waals surface area contributed by atoms with Gasteiger partial charge in [-0.1, -0.05) is 69.2 Å². The van der Waals surface area contributed by atoms with Crippen molar-refractivity contribution in [3.05, 3.63) is 122 Å². The molecule has 0 fully saturated rings. The molecule has 10 heteroatoms.